The van der Waals surface area contributed by atoms with Crippen molar-refractivity contribution in [3.05, 3.63) is 0 Å². The molecule has 0 aromatic carbocycles. The number of hydrogen-bond acceptors (Lipinski definition) is 3. The number of carbonyl (C=O) groups is 1. The van der Waals surface area contributed by atoms with Gasteiger partial charge in [0, 0.05) is 0 Å². The molecule has 3 nitrogen and oxygen atoms in total. The van der Waals surface area contributed by atoms with E-state index in [1.54, 1.807) is 6.92 Å². The topological polar surface area (TPSA) is 50.1 Å². The Bertz CT molecular complexity index is 244. The number of nitriles is 1. The van der Waals surface area contributed by atoms with Gasteiger partial charge in [0.05, 0.1) is 5.92 Å². The van der Waals surface area contributed by atoms with Crippen LogP contribution in [0.4, 0.5) is 0 Å². The Morgan fingerprint density at radius 3 is 2.86 bits per heavy atom. The zero-order valence-electron chi connectivity index (χ0n) is 8.82. The monoisotopic (exact) mass is 195 g/mol. The van der Waals surface area contributed by atoms with Crippen molar-refractivity contribution in [2.45, 2.75) is 45.6 Å². The number of nitrogens with zero attached hydrogens (tertiary/aromatic N) is 1. The normalized spacial score (nSPS) is 28.1. The summed E-state index contributed by atoms with van der Waals surface area (Å²) < 4.78 is 4.98. The predicted octanol–water partition coefficient (Wildman–Crippen LogP) is 2.27. The third kappa shape index (κ3) is 2.73. The van der Waals surface area contributed by atoms with Gasteiger partial charge in [-0.3, -0.25) is 4.79 Å². The van der Waals surface area contributed by atoms with E-state index in [0.29, 0.717) is 5.92 Å². The summed E-state index contributed by atoms with van der Waals surface area (Å²) in [5.41, 5.74) is 0. The largest absolute Gasteiger partial charge is 0.447 e. The van der Waals surface area contributed by atoms with Crippen LogP contribution in [0.15, 0.2) is 0 Å². The summed E-state index contributed by atoms with van der Waals surface area (Å²) in [7, 11) is 0. The van der Waals surface area contributed by atoms with Crippen molar-refractivity contribution in [3.8, 4) is 6.07 Å². The smallest absolute Gasteiger partial charge is 0.310 e. The average Bonchev–Trinajstić information content (AvgIpc) is 2.65. The highest BCUT2D eigenvalue weighted by atomic mass is 16.5. The van der Waals surface area contributed by atoms with Crippen LogP contribution in [-0.2, 0) is 9.53 Å². The number of hydrogen-bond donors (Lipinski definition) is 0. The Balaban J connectivity index is 2.36. The Morgan fingerprint density at radius 2 is 2.36 bits per heavy atom. The predicted molar refractivity (Wildman–Crippen MR) is 52.3 cm³/mol. The molecule has 0 radical (unpaired) electrons. The zero-order chi connectivity index (χ0) is 10.6. The standard InChI is InChI=1S/C11H17NO2/c1-3-9-4-5-10(6-9)11(13)14-8(2)7-12/h8-10H,3-6H2,1-2H3. The Morgan fingerprint density at radius 1 is 1.64 bits per heavy atom. The number of rotatable bonds is 3. The molecule has 0 aliphatic heterocycles. The maximum Gasteiger partial charge on any atom is 0.310 e. The lowest BCUT2D eigenvalue weighted by molar-refractivity contribution is -0.150. The van der Waals surface area contributed by atoms with Crippen molar-refractivity contribution >= 4 is 5.97 Å². The Kier molecular flexibility index (Phi) is 3.94. The van der Waals surface area contributed by atoms with E-state index in [1.807, 2.05) is 6.07 Å². The van der Waals surface area contributed by atoms with E-state index in [-0.39, 0.29) is 11.9 Å². The van der Waals surface area contributed by atoms with Gasteiger partial charge in [-0.1, -0.05) is 13.3 Å². The lowest BCUT2D eigenvalue weighted by Gasteiger charge is -2.11. The van der Waals surface area contributed by atoms with Gasteiger partial charge in [-0.05, 0) is 32.1 Å². The quantitative estimate of drug-likeness (QED) is 0.649. The molecule has 1 aliphatic carbocycles. The van der Waals surface area contributed by atoms with Crippen molar-refractivity contribution in [1.29, 1.82) is 5.26 Å². The van der Waals surface area contributed by atoms with E-state index in [0.717, 1.165) is 25.7 Å². The van der Waals surface area contributed by atoms with Gasteiger partial charge in [0.25, 0.3) is 0 Å². The molecule has 0 bridgehead atoms. The molecule has 1 saturated carbocycles. The molecule has 1 rings (SSSR count). The first kappa shape index (κ1) is 11.0. The van der Waals surface area contributed by atoms with Crippen LogP contribution in [0, 0.1) is 23.2 Å². The average molecular weight is 195 g/mol. The minimum atomic E-state index is -0.608. The fourth-order valence-corrected chi connectivity index (χ4v) is 1.96. The molecule has 1 aliphatic rings. The van der Waals surface area contributed by atoms with Gasteiger partial charge >= 0.3 is 5.97 Å². The highest BCUT2D eigenvalue weighted by Crippen LogP contribution is 2.33. The number of ether oxygens (including phenoxy) is 1. The molecule has 3 unspecified atom stereocenters. The minimum Gasteiger partial charge on any atom is -0.447 e. The maximum absolute atomic E-state index is 11.5. The Labute approximate surface area is 85.1 Å². The fourth-order valence-electron chi connectivity index (χ4n) is 1.96. The van der Waals surface area contributed by atoms with E-state index in [4.69, 9.17) is 10.00 Å². The molecule has 0 amide bonds. The lowest BCUT2D eigenvalue weighted by atomic mass is 10.0. The van der Waals surface area contributed by atoms with Crippen molar-refractivity contribution < 1.29 is 9.53 Å². The number of carbonyl (C=O) groups excluding carboxylic acids is 1. The summed E-state index contributed by atoms with van der Waals surface area (Å²) in [6.07, 6.45) is 3.51. The first-order valence-corrected chi connectivity index (χ1v) is 5.27. The van der Waals surface area contributed by atoms with Gasteiger partial charge in [0.1, 0.15) is 6.07 Å². The molecule has 0 spiro atoms. The molecule has 0 aromatic rings. The highest BCUT2D eigenvalue weighted by molar-refractivity contribution is 5.73. The van der Waals surface area contributed by atoms with Gasteiger partial charge in [-0.15, -0.1) is 0 Å². The van der Waals surface area contributed by atoms with E-state index >= 15 is 0 Å². The van der Waals surface area contributed by atoms with E-state index < -0.39 is 6.10 Å². The summed E-state index contributed by atoms with van der Waals surface area (Å²) in [6, 6.07) is 1.90. The van der Waals surface area contributed by atoms with Gasteiger partial charge in [-0.25, -0.2) is 0 Å². The van der Waals surface area contributed by atoms with E-state index in [1.165, 1.54) is 0 Å². The van der Waals surface area contributed by atoms with Crippen LogP contribution in [0.2, 0.25) is 0 Å². The van der Waals surface area contributed by atoms with E-state index in [2.05, 4.69) is 6.92 Å². The second-order valence-electron chi connectivity index (χ2n) is 3.99. The molecule has 78 valence electrons. The van der Waals surface area contributed by atoms with Gasteiger partial charge in [0.2, 0.25) is 0 Å². The molecular weight excluding hydrogens is 178 g/mol. The maximum atomic E-state index is 11.5. The van der Waals surface area contributed by atoms with Crippen molar-refractivity contribution in [1.82, 2.24) is 0 Å². The van der Waals surface area contributed by atoms with Crippen molar-refractivity contribution in [2.75, 3.05) is 0 Å². The summed E-state index contributed by atoms with van der Waals surface area (Å²) in [5, 5.41) is 8.50. The van der Waals surface area contributed by atoms with Gasteiger partial charge in [-0.2, -0.15) is 5.26 Å². The van der Waals surface area contributed by atoms with Crippen LogP contribution >= 0.6 is 0 Å². The zero-order valence-corrected chi connectivity index (χ0v) is 8.82. The SMILES string of the molecule is CCC1CCC(C(=O)OC(C)C#N)C1. The van der Waals surface area contributed by atoms with Crippen LogP contribution in [-0.4, -0.2) is 12.1 Å². The summed E-state index contributed by atoms with van der Waals surface area (Å²) in [4.78, 5) is 11.5. The van der Waals surface area contributed by atoms with Crippen LogP contribution in [0.3, 0.4) is 0 Å². The van der Waals surface area contributed by atoms with Crippen LogP contribution in [0.25, 0.3) is 0 Å². The van der Waals surface area contributed by atoms with Crippen LogP contribution in [0.1, 0.15) is 39.5 Å². The van der Waals surface area contributed by atoms with Crippen molar-refractivity contribution in [3.63, 3.8) is 0 Å². The summed E-state index contributed by atoms with van der Waals surface area (Å²) in [6.45, 7) is 3.75. The molecule has 14 heavy (non-hydrogen) atoms. The second-order valence-corrected chi connectivity index (χ2v) is 3.99. The van der Waals surface area contributed by atoms with Crippen LogP contribution in [0.5, 0.6) is 0 Å². The third-order valence-electron chi connectivity index (χ3n) is 2.93. The molecule has 0 N–H and O–H groups in total. The lowest BCUT2D eigenvalue weighted by Crippen LogP contribution is -2.20. The summed E-state index contributed by atoms with van der Waals surface area (Å²) in [5.74, 6) is 0.524. The molecule has 0 aromatic heterocycles. The van der Waals surface area contributed by atoms with E-state index in [9.17, 15) is 4.79 Å². The van der Waals surface area contributed by atoms with Crippen molar-refractivity contribution in [2.24, 2.45) is 11.8 Å². The Hall–Kier alpha value is -1.04. The van der Waals surface area contributed by atoms with Gasteiger partial charge < -0.3 is 4.74 Å². The number of esters is 1. The minimum absolute atomic E-state index is 0.0377. The molecule has 3 atom stereocenters. The molecule has 0 heterocycles. The third-order valence-corrected chi connectivity index (χ3v) is 2.93. The molecular formula is C11H17NO2. The molecule has 0 saturated heterocycles. The summed E-state index contributed by atoms with van der Waals surface area (Å²) >= 11 is 0. The fraction of sp³-hybridized carbons (Fsp3) is 0.818. The van der Waals surface area contributed by atoms with Crippen LogP contribution < -0.4 is 0 Å². The second kappa shape index (κ2) is 4.99. The highest BCUT2D eigenvalue weighted by Gasteiger charge is 2.30. The molecule has 1 fully saturated rings. The first-order chi connectivity index (χ1) is 6.67. The molecule has 3 heteroatoms. The first-order valence-electron chi connectivity index (χ1n) is 5.27. The van der Waals surface area contributed by atoms with Gasteiger partial charge in [0.15, 0.2) is 6.10 Å².